The summed E-state index contributed by atoms with van der Waals surface area (Å²) in [5.41, 5.74) is -0.0554. The van der Waals surface area contributed by atoms with E-state index in [-0.39, 0.29) is 27.5 Å². The number of nitrogens with one attached hydrogen (secondary N) is 1. The van der Waals surface area contributed by atoms with E-state index in [1.165, 1.54) is 19.3 Å². The molecule has 3 heterocycles. The minimum absolute atomic E-state index is 0.0554. The van der Waals surface area contributed by atoms with Gasteiger partial charge in [0.2, 0.25) is 20.2 Å². The topological polar surface area (TPSA) is 116 Å². The van der Waals surface area contributed by atoms with Crippen molar-refractivity contribution in [3.05, 3.63) is 29.7 Å². The van der Waals surface area contributed by atoms with Crippen molar-refractivity contribution >= 4 is 49.9 Å². The Morgan fingerprint density at radius 3 is 2.91 bits per heavy atom. The van der Waals surface area contributed by atoms with Crippen LogP contribution in [0.25, 0.3) is 6.08 Å². The number of carbonyl (C=O) groups is 1. The standard InChI is InChI=1S/C12H10N4O4S2/c1-2-22(18,19)12-15-21-11-14-10(17)8(9(13)16(11)12)6-7-4-3-5-20-7/h3-6,13H,2H2,1H3/b8-6-,13-9?. The minimum atomic E-state index is -3.63. The van der Waals surface area contributed by atoms with E-state index >= 15 is 0 Å². The Morgan fingerprint density at radius 1 is 1.50 bits per heavy atom. The summed E-state index contributed by atoms with van der Waals surface area (Å²) in [5.74, 6) is -0.706. The molecule has 22 heavy (non-hydrogen) atoms. The van der Waals surface area contributed by atoms with Gasteiger partial charge in [0.25, 0.3) is 5.91 Å². The second kappa shape index (κ2) is 5.21. The van der Waals surface area contributed by atoms with E-state index in [9.17, 15) is 13.2 Å². The first-order valence-corrected chi connectivity index (χ1v) is 8.61. The summed E-state index contributed by atoms with van der Waals surface area (Å²) in [6, 6.07) is 3.25. The SMILES string of the molecule is CCS(=O)(=O)C1=NSC2=NC(=O)/C(=C\c3ccco3)C(=N)N21. The Hall–Kier alpha value is -2.20. The second-order valence-corrected chi connectivity index (χ2v) is 7.23. The number of rotatable bonds is 2. The van der Waals surface area contributed by atoms with Crippen LogP contribution in [0.2, 0.25) is 0 Å². The maximum Gasteiger partial charge on any atom is 0.283 e. The van der Waals surface area contributed by atoms with Gasteiger partial charge in [-0.3, -0.25) is 10.2 Å². The fraction of sp³-hybridized carbons (Fsp3) is 0.167. The molecule has 0 atom stereocenters. The zero-order valence-electron chi connectivity index (χ0n) is 11.3. The zero-order valence-corrected chi connectivity index (χ0v) is 12.9. The van der Waals surface area contributed by atoms with Crippen LogP contribution >= 0.6 is 11.9 Å². The monoisotopic (exact) mass is 338 g/mol. The van der Waals surface area contributed by atoms with Gasteiger partial charge in [-0.2, -0.15) is 9.39 Å². The maximum atomic E-state index is 12.0. The van der Waals surface area contributed by atoms with Gasteiger partial charge < -0.3 is 4.42 Å². The molecule has 0 aromatic carbocycles. The predicted molar refractivity (Wildman–Crippen MR) is 83.2 cm³/mol. The van der Waals surface area contributed by atoms with Gasteiger partial charge in [0.05, 0.1) is 29.5 Å². The van der Waals surface area contributed by atoms with Gasteiger partial charge in [-0.05, 0) is 18.2 Å². The predicted octanol–water partition coefficient (Wildman–Crippen LogP) is 1.29. The zero-order chi connectivity index (χ0) is 15.9. The Bertz CT molecular complexity index is 850. The summed E-state index contributed by atoms with van der Waals surface area (Å²) < 4.78 is 33.0. The minimum Gasteiger partial charge on any atom is -0.465 e. The summed E-state index contributed by atoms with van der Waals surface area (Å²) in [6.45, 7) is 1.48. The van der Waals surface area contributed by atoms with Crippen LogP contribution in [0.4, 0.5) is 0 Å². The summed E-state index contributed by atoms with van der Waals surface area (Å²) in [7, 11) is -3.63. The van der Waals surface area contributed by atoms with Crippen molar-refractivity contribution in [1.82, 2.24) is 4.90 Å². The van der Waals surface area contributed by atoms with E-state index in [1.54, 1.807) is 12.1 Å². The highest BCUT2D eigenvalue weighted by Crippen LogP contribution is 2.30. The van der Waals surface area contributed by atoms with Crippen LogP contribution in [0.5, 0.6) is 0 Å². The fourth-order valence-electron chi connectivity index (χ4n) is 1.84. The molecular weight excluding hydrogens is 328 g/mol. The lowest BCUT2D eigenvalue weighted by atomic mass is 10.1. The van der Waals surface area contributed by atoms with E-state index in [0.717, 1.165) is 16.8 Å². The van der Waals surface area contributed by atoms with E-state index in [0.29, 0.717) is 5.76 Å². The number of carbonyl (C=O) groups excluding carboxylic acids is 1. The lowest BCUT2D eigenvalue weighted by molar-refractivity contribution is -0.114. The van der Waals surface area contributed by atoms with E-state index < -0.39 is 15.7 Å². The number of amidine groups is 3. The average Bonchev–Trinajstić information content (AvgIpc) is 3.12. The van der Waals surface area contributed by atoms with Gasteiger partial charge >= 0.3 is 0 Å². The molecule has 0 spiro atoms. The molecule has 0 saturated heterocycles. The first-order chi connectivity index (χ1) is 10.4. The van der Waals surface area contributed by atoms with Crippen LogP contribution in [-0.4, -0.2) is 41.1 Å². The van der Waals surface area contributed by atoms with Crippen LogP contribution in [0, 0.1) is 5.41 Å². The van der Waals surface area contributed by atoms with Crippen LogP contribution in [0.3, 0.4) is 0 Å². The largest absolute Gasteiger partial charge is 0.465 e. The molecule has 8 nitrogen and oxygen atoms in total. The number of aliphatic imine (C=N–C) groups is 1. The third kappa shape index (κ3) is 2.29. The van der Waals surface area contributed by atoms with Crippen molar-refractivity contribution in [2.24, 2.45) is 9.39 Å². The van der Waals surface area contributed by atoms with Crippen molar-refractivity contribution in [3.8, 4) is 0 Å². The van der Waals surface area contributed by atoms with Crippen molar-refractivity contribution in [1.29, 1.82) is 5.41 Å². The Labute approximate surface area is 130 Å². The average molecular weight is 338 g/mol. The summed E-state index contributed by atoms with van der Waals surface area (Å²) >= 11 is 0.767. The number of nitrogens with zero attached hydrogens (tertiary/aromatic N) is 3. The molecule has 2 aliphatic heterocycles. The van der Waals surface area contributed by atoms with Gasteiger partial charge in [-0.25, -0.2) is 13.3 Å². The lowest BCUT2D eigenvalue weighted by Crippen LogP contribution is -2.45. The summed E-state index contributed by atoms with van der Waals surface area (Å²) in [5, 5.41) is 7.94. The second-order valence-electron chi connectivity index (χ2n) is 4.33. The number of hydrogen-bond acceptors (Lipinski definition) is 7. The van der Waals surface area contributed by atoms with Crippen molar-refractivity contribution in [2.45, 2.75) is 6.92 Å². The molecule has 1 aromatic rings. The number of sulfone groups is 1. The first kappa shape index (κ1) is 14.7. The summed E-state index contributed by atoms with van der Waals surface area (Å²) in [6.07, 6.45) is 2.78. The van der Waals surface area contributed by atoms with Crippen LogP contribution in [-0.2, 0) is 14.6 Å². The highest BCUT2D eigenvalue weighted by Gasteiger charge is 2.42. The molecule has 1 amide bonds. The fourth-order valence-corrected chi connectivity index (χ4v) is 3.81. The molecule has 0 unspecified atom stereocenters. The van der Waals surface area contributed by atoms with Crippen LogP contribution in [0.15, 0.2) is 37.8 Å². The van der Waals surface area contributed by atoms with Gasteiger partial charge in [-0.15, -0.1) is 0 Å². The molecule has 10 heteroatoms. The third-order valence-electron chi connectivity index (χ3n) is 2.98. The third-order valence-corrected chi connectivity index (χ3v) is 5.39. The van der Waals surface area contributed by atoms with Gasteiger partial charge in [0.1, 0.15) is 11.6 Å². The molecular formula is C12H10N4O4S2. The highest BCUT2D eigenvalue weighted by molar-refractivity contribution is 8.16. The molecule has 0 saturated carbocycles. The van der Waals surface area contributed by atoms with Gasteiger partial charge in [-0.1, -0.05) is 6.92 Å². The number of amides is 1. The number of fused-ring (bicyclic) bond motifs is 1. The quantitative estimate of drug-likeness (QED) is 0.641. The lowest BCUT2D eigenvalue weighted by Gasteiger charge is -2.24. The molecule has 0 radical (unpaired) electrons. The molecule has 0 fully saturated rings. The number of furan rings is 1. The molecule has 1 N–H and O–H groups in total. The molecule has 114 valence electrons. The first-order valence-electron chi connectivity index (χ1n) is 6.19. The Balaban J connectivity index is 2.06. The van der Waals surface area contributed by atoms with Crippen molar-refractivity contribution in [3.63, 3.8) is 0 Å². The molecule has 1 aromatic heterocycles. The van der Waals surface area contributed by atoms with E-state index in [2.05, 4.69) is 9.39 Å². The summed E-state index contributed by atoms with van der Waals surface area (Å²) in [4.78, 5) is 16.9. The van der Waals surface area contributed by atoms with E-state index in [4.69, 9.17) is 9.83 Å². The molecule has 3 rings (SSSR count). The van der Waals surface area contributed by atoms with E-state index in [1.807, 2.05) is 0 Å². The molecule has 2 aliphatic rings. The smallest absolute Gasteiger partial charge is 0.283 e. The van der Waals surface area contributed by atoms with Crippen LogP contribution in [0.1, 0.15) is 12.7 Å². The molecule has 0 aliphatic carbocycles. The Morgan fingerprint density at radius 2 is 2.27 bits per heavy atom. The van der Waals surface area contributed by atoms with Gasteiger partial charge in [0, 0.05) is 0 Å². The van der Waals surface area contributed by atoms with Crippen LogP contribution < -0.4 is 0 Å². The van der Waals surface area contributed by atoms with Crippen molar-refractivity contribution < 1.29 is 17.6 Å². The van der Waals surface area contributed by atoms with Gasteiger partial charge in [0.15, 0.2) is 0 Å². The van der Waals surface area contributed by atoms with Crippen molar-refractivity contribution in [2.75, 3.05) is 5.75 Å². The normalized spacial score (nSPS) is 20.2. The molecule has 0 bridgehead atoms. The number of hydrogen-bond donors (Lipinski definition) is 1. The highest BCUT2D eigenvalue weighted by atomic mass is 32.2. The maximum absolute atomic E-state index is 12.0. The Kier molecular flexibility index (Phi) is 3.49.